The van der Waals surface area contributed by atoms with Crippen LogP contribution in [0.3, 0.4) is 0 Å². The Labute approximate surface area is 147 Å². The molecule has 2 aromatic heterocycles. The van der Waals surface area contributed by atoms with Gasteiger partial charge in [-0.15, -0.1) is 0 Å². The van der Waals surface area contributed by atoms with Gasteiger partial charge in [-0.3, -0.25) is 4.79 Å². The van der Waals surface area contributed by atoms with Crippen molar-refractivity contribution in [3.63, 3.8) is 0 Å². The lowest BCUT2D eigenvalue weighted by Crippen LogP contribution is -2.16. The van der Waals surface area contributed by atoms with Crippen molar-refractivity contribution in [1.29, 1.82) is 0 Å². The predicted octanol–water partition coefficient (Wildman–Crippen LogP) is 2.43. The number of carbonyl (C=O) groups is 1. The van der Waals surface area contributed by atoms with Gasteiger partial charge in [0, 0.05) is 17.6 Å². The van der Waals surface area contributed by atoms with Crippen molar-refractivity contribution in [2.45, 2.75) is 13.3 Å². The van der Waals surface area contributed by atoms with Crippen molar-refractivity contribution >= 4 is 39.2 Å². The van der Waals surface area contributed by atoms with Crippen LogP contribution in [0.15, 0.2) is 35.1 Å². The first kappa shape index (κ1) is 16.4. The van der Waals surface area contributed by atoms with Crippen LogP contribution in [0.25, 0.3) is 16.7 Å². The van der Waals surface area contributed by atoms with Crippen LogP contribution >= 0.6 is 15.9 Å². The summed E-state index contributed by atoms with van der Waals surface area (Å²) in [5.74, 6) is 0.756. The molecule has 0 aliphatic heterocycles. The zero-order valence-corrected chi connectivity index (χ0v) is 14.7. The molecule has 0 saturated carbocycles. The van der Waals surface area contributed by atoms with E-state index in [1.165, 1.54) is 6.33 Å². The van der Waals surface area contributed by atoms with E-state index >= 15 is 0 Å². The van der Waals surface area contributed by atoms with Gasteiger partial charge >= 0.3 is 0 Å². The minimum atomic E-state index is 0.627. The monoisotopic (exact) mass is 388 g/mol. The number of fused-ring (bicyclic) bond motifs is 1. The first-order valence-corrected chi connectivity index (χ1v) is 8.37. The lowest BCUT2D eigenvalue weighted by atomic mass is 10.3. The van der Waals surface area contributed by atoms with Crippen LogP contribution < -0.4 is 10.6 Å². The third kappa shape index (κ3) is 3.38. The highest BCUT2D eigenvalue weighted by atomic mass is 79.9. The number of nitrogens with one attached hydrogen (secondary N) is 2. The molecule has 7 nitrogen and oxygen atoms in total. The van der Waals surface area contributed by atoms with Gasteiger partial charge < -0.3 is 10.6 Å². The van der Waals surface area contributed by atoms with Crippen molar-refractivity contribution in [2.24, 2.45) is 0 Å². The second kappa shape index (κ2) is 7.39. The van der Waals surface area contributed by atoms with E-state index in [2.05, 4.69) is 41.6 Å². The summed E-state index contributed by atoms with van der Waals surface area (Å²) in [6.45, 7) is 3.28. The Morgan fingerprint density at radius 1 is 1.21 bits per heavy atom. The number of aryl methyl sites for hydroxylation is 1. The summed E-state index contributed by atoms with van der Waals surface area (Å²) in [4.78, 5) is 19.0. The van der Waals surface area contributed by atoms with E-state index < -0.39 is 0 Å². The Morgan fingerprint density at radius 3 is 2.75 bits per heavy atom. The van der Waals surface area contributed by atoms with Gasteiger partial charge in [0.15, 0.2) is 5.65 Å². The molecule has 2 heterocycles. The Balaban J connectivity index is 1.90. The Kier molecular flexibility index (Phi) is 5.05. The maximum Gasteiger partial charge on any atom is 0.207 e. The number of carbonyl (C=O) groups excluding carboxylic acids is 1. The molecule has 1 aromatic carbocycles. The maximum absolute atomic E-state index is 10.2. The van der Waals surface area contributed by atoms with Gasteiger partial charge in [0.05, 0.1) is 16.8 Å². The second-order valence-electron chi connectivity index (χ2n) is 5.25. The molecule has 24 heavy (non-hydrogen) atoms. The summed E-state index contributed by atoms with van der Waals surface area (Å²) in [5.41, 5.74) is 2.57. The zero-order chi connectivity index (χ0) is 16.9. The molecule has 0 saturated heterocycles. The molecule has 1 amide bonds. The van der Waals surface area contributed by atoms with E-state index in [0.29, 0.717) is 19.5 Å². The molecule has 0 radical (unpaired) electrons. The van der Waals surface area contributed by atoms with Crippen molar-refractivity contribution in [2.75, 3.05) is 18.4 Å². The topological polar surface area (TPSA) is 84.7 Å². The number of aromatic nitrogens is 4. The van der Waals surface area contributed by atoms with Gasteiger partial charge in [0.2, 0.25) is 6.41 Å². The average Bonchev–Trinajstić information content (AvgIpc) is 2.93. The summed E-state index contributed by atoms with van der Waals surface area (Å²) in [5, 5.41) is 11.4. The largest absolute Gasteiger partial charge is 0.369 e. The van der Waals surface area contributed by atoms with Crippen molar-refractivity contribution in [1.82, 2.24) is 25.1 Å². The molecule has 0 bridgehead atoms. The van der Waals surface area contributed by atoms with E-state index in [4.69, 9.17) is 0 Å². The Morgan fingerprint density at radius 2 is 2.00 bits per heavy atom. The van der Waals surface area contributed by atoms with Gasteiger partial charge in [-0.1, -0.05) is 15.9 Å². The summed E-state index contributed by atoms with van der Waals surface area (Å²) in [6, 6.07) is 7.91. The van der Waals surface area contributed by atoms with Crippen LogP contribution in [-0.4, -0.2) is 39.2 Å². The van der Waals surface area contributed by atoms with E-state index in [1.807, 2.05) is 35.9 Å². The number of hydrogen-bond acceptors (Lipinski definition) is 5. The van der Waals surface area contributed by atoms with E-state index in [0.717, 1.165) is 39.1 Å². The van der Waals surface area contributed by atoms with Gasteiger partial charge in [0.25, 0.3) is 0 Å². The number of halogens is 1. The summed E-state index contributed by atoms with van der Waals surface area (Å²) in [7, 11) is 0. The van der Waals surface area contributed by atoms with Gasteiger partial charge in [-0.05, 0) is 37.6 Å². The van der Waals surface area contributed by atoms with Gasteiger partial charge in [-0.25, -0.2) is 14.6 Å². The lowest BCUT2D eigenvalue weighted by Gasteiger charge is -2.07. The molecule has 0 spiro atoms. The van der Waals surface area contributed by atoms with Crippen molar-refractivity contribution < 1.29 is 4.79 Å². The summed E-state index contributed by atoms with van der Waals surface area (Å²) in [6.07, 6.45) is 3.05. The fourth-order valence-electron chi connectivity index (χ4n) is 2.47. The SMILES string of the molecule is Cc1nn(-c2ccc(Br)cc2)c2ncnc(NCCCNC=O)c12. The first-order valence-electron chi connectivity index (χ1n) is 7.58. The smallest absolute Gasteiger partial charge is 0.207 e. The summed E-state index contributed by atoms with van der Waals surface area (Å²) < 4.78 is 2.83. The third-order valence-corrected chi connectivity index (χ3v) is 4.11. The molecule has 2 N–H and O–H groups in total. The quantitative estimate of drug-likeness (QED) is 0.479. The van der Waals surface area contributed by atoms with E-state index in [-0.39, 0.29) is 0 Å². The van der Waals surface area contributed by atoms with Gasteiger partial charge in [0.1, 0.15) is 12.1 Å². The molecular weight excluding hydrogens is 372 g/mol. The van der Waals surface area contributed by atoms with Gasteiger partial charge in [-0.2, -0.15) is 5.10 Å². The third-order valence-electron chi connectivity index (χ3n) is 3.58. The standard InChI is InChI=1S/C16H17BrN6O/c1-11-14-15(19-8-2-7-18-10-24)20-9-21-16(14)23(22-11)13-5-3-12(17)4-6-13/h3-6,9-10H,2,7-8H2,1H3,(H,18,24)(H,19,20,21). The molecule has 3 aromatic rings. The molecule has 0 aliphatic rings. The fourth-order valence-corrected chi connectivity index (χ4v) is 2.73. The fraction of sp³-hybridized carbons (Fsp3) is 0.250. The highest BCUT2D eigenvalue weighted by molar-refractivity contribution is 9.10. The summed E-state index contributed by atoms with van der Waals surface area (Å²) >= 11 is 3.44. The minimum absolute atomic E-state index is 0.627. The number of benzene rings is 1. The number of amides is 1. The van der Waals surface area contributed by atoms with Crippen LogP contribution in [0.2, 0.25) is 0 Å². The van der Waals surface area contributed by atoms with E-state index in [9.17, 15) is 4.79 Å². The maximum atomic E-state index is 10.2. The van der Waals surface area contributed by atoms with Crippen molar-refractivity contribution in [3.05, 3.63) is 40.8 Å². The molecule has 0 aliphatic carbocycles. The number of hydrogen-bond donors (Lipinski definition) is 2. The number of nitrogens with zero attached hydrogens (tertiary/aromatic N) is 4. The van der Waals surface area contributed by atoms with Crippen LogP contribution in [0.5, 0.6) is 0 Å². The second-order valence-corrected chi connectivity index (χ2v) is 6.16. The lowest BCUT2D eigenvalue weighted by molar-refractivity contribution is -0.109. The first-order chi connectivity index (χ1) is 11.7. The minimum Gasteiger partial charge on any atom is -0.369 e. The van der Waals surface area contributed by atoms with Crippen LogP contribution in [0, 0.1) is 6.92 Å². The molecule has 0 atom stereocenters. The molecule has 3 rings (SSSR count). The molecular formula is C16H17BrN6O. The zero-order valence-electron chi connectivity index (χ0n) is 13.2. The highest BCUT2D eigenvalue weighted by Crippen LogP contribution is 2.25. The Bertz CT molecular complexity index is 846. The van der Waals surface area contributed by atoms with Crippen molar-refractivity contribution in [3.8, 4) is 5.69 Å². The Hall–Kier alpha value is -2.48. The molecule has 8 heteroatoms. The van der Waals surface area contributed by atoms with Crippen LogP contribution in [0.4, 0.5) is 5.82 Å². The van der Waals surface area contributed by atoms with Crippen LogP contribution in [-0.2, 0) is 4.79 Å². The van der Waals surface area contributed by atoms with Crippen LogP contribution in [0.1, 0.15) is 12.1 Å². The average molecular weight is 389 g/mol. The molecule has 0 unspecified atom stereocenters. The molecule has 124 valence electrons. The molecule has 0 fully saturated rings. The number of anilines is 1. The highest BCUT2D eigenvalue weighted by Gasteiger charge is 2.14. The predicted molar refractivity (Wildman–Crippen MR) is 96.3 cm³/mol. The number of rotatable bonds is 7. The van der Waals surface area contributed by atoms with E-state index in [1.54, 1.807) is 0 Å². The normalized spacial score (nSPS) is 10.8.